The number of carbonyl (C=O) groups excluding carboxylic acids is 2. The van der Waals surface area contributed by atoms with E-state index < -0.39 is 12.1 Å². The first-order valence-corrected chi connectivity index (χ1v) is 2.85. The second-order valence-electron chi connectivity index (χ2n) is 1.87. The lowest BCUT2D eigenvalue weighted by Crippen LogP contribution is -2.41. The fourth-order valence-corrected chi connectivity index (χ4v) is 0.699. The van der Waals surface area contributed by atoms with Gasteiger partial charge in [-0.3, -0.25) is 0 Å². The van der Waals surface area contributed by atoms with Crippen LogP contribution in [0.4, 0.5) is 9.59 Å². The predicted octanol–water partition coefficient (Wildman–Crippen LogP) is -0.0384. The van der Waals surface area contributed by atoms with Crippen molar-refractivity contribution < 1.29 is 9.59 Å². The average Bonchev–Trinajstić information content (AvgIpc) is 1.88. The normalized spacial score (nSPS) is 17.6. The Kier molecular flexibility index (Phi) is 1.66. The highest BCUT2D eigenvalue weighted by Gasteiger charge is 2.19. The maximum Gasteiger partial charge on any atom is 0.351 e. The van der Waals surface area contributed by atoms with Crippen LogP contribution in [-0.2, 0) is 0 Å². The molecular weight excluding hydrogens is 134 g/mol. The molecule has 0 aromatic carbocycles. The minimum Gasteiger partial charge on any atom is -0.351 e. The maximum absolute atomic E-state index is 10.7. The summed E-state index contributed by atoms with van der Waals surface area (Å²) < 4.78 is 0. The molecule has 1 aliphatic heterocycles. The van der Waals surface area contributed by atoms with Crippen molar-refractivity contribution in [1.82, 2.24) is 4.90 Å². The van der Waals surface area contributed by atoms with Gasteiger partial charge in [0, 0.05) is 19.2 Å². The number of nitrogens with two attached hydrogens (primary N) is 1. The Morgan fingerprint density at radius 2 is 2.50 bits per heavy atom. The number of aliphatic imine (C=N–C) groups is 1. The van der Waals surface area contributed by atoms with Gasteiger partial charge >= 0.3 is 12.1 Å². The molecule has 0 saturated heterocycles. The molecule has 2 N–H and O–H groups in total. The summed E-state index contributed by atoms with van der Waals surface area (Å²) in [5, 5.41) is 0. The second-order valence-corrected chi connectivity index (χ2v) is 1.87. The first-order chi connectivity index (χ1) is 4.72. The van der Waals surface area contributed by atoms with Crippen LogP contribution in [0.2, 0.25) is 0 Å². The third-order valence-electron chi connectivity index (χ3n) is 1.18. The Bertz CT molecular complexity index is 199. The molecule has 0 radical (unpaired) electrons. The molecule has 0 spiro atoms. The third kappa shape index (κ3) is 1.12. The van der Waals surface area contributed by atoms with Crippen molar-refractivity contribution in [3.8, 4) is 0 Å². The number of hydrogen-bond donors (Lipinski definition) is 1. The van der Waals surface area contributed by atoms with Crippen LogP contribution in [0.25, 0.3) is 0 Å². The summed E-state index contributed by atoms with van der Waals surface area (Å²) >= 11 is 0. The molecule has 5 heteroatoms. The molecule has 0 aliphatic carbocycles. The number of hydrogen-bond acceptors (Lipinski definition) is 2. The van der Waals surface area contributed by atoms with Gasteiger partial charge < -0.3 is 5.73 Å². The number of amides is 4. The molecule has 4 amide bonds. The van der Waals surface area contributed by atoms with E-state index in [9.17, 15) is 9.59 Å². The van der Waals surface area contributed by atoms with E-state index in [0.29, 0.717) is 13.0 Å². The van der Waals surface area contributed by atoms with Crippen molar-refractivity contribution in [2.75, 3.05) is 6.54 Å². The Morgan fingerprint density at radius 3 is 2.90 bits per heavy atom. The topological polar surface area (TPSA) is 75.8 Å². The van der Waals surface area contributed by atoms with Crippen LogP contribution in [0.5, 0.6) is 0 Å². The summed E-state index contributed by atoms with van der Waals surface area (Å²) in [4.78, 5) is 25.4. The molecule has 5 nitrogen and oxygen atoms in total. The number of imide groups is 1. The summed E-state index contributed by atoms with van der Waals surface area (Å²) in [6.45, 7) is 0.345. The number of nitrogens with zero attached hydrogens (tertiary/aromatic N) is 2. The zero-order valence-corrected chi connectivity index (χ0v) is 5.28. The van der Waals surface area contributed by atoms with Crippen LogP contribution in [0, 0.1) is 0 Å². The lowest BCUT2D eigenvalue weighted by Gasteiger charge is -2.16. The van der Waals surface area contributed by atoms with Crippen molar-refractivity contribution in [2.45, 2.75) is 6.42 Å². The summed E-state index contributed by atoms with van der Waals surface area (Å²) in [5.74, 6) is 0. The molecular formula is C5H7N3O2. The molecule has 54 valence electrons. The van der Waals surface area contributed by atoms with Gasteiger partial charge in [0.15, 0.2) is 0 Å². The average molecular weight is 141 g/mol. The summed E-state index contributed by atoms with van der Waals surface area (Å²) in [6, 6.07) is -1.30. The summed E-state index contributed by atoms with van der Waals surface area (Å²) in [7, 11) is 0. The number of rotatable bonds is 0. The van der Waals surface area contributed by atoms with Crippen LogP contribution in [0.15, 0.2) is 4.99 Å². The van der Waals surface area contributed by atoms with Crippen LogP contribution in [-0.4, -0.2) is 29.7 Å². The summed E-state index contributed by atoms with van der Waals surface area (Å²) in [6.07, 6.45) is 2.07. The lowest BCUT2D eigenvalue weighted by molar-refractivity contribution is 0.197. The van der Waals surface area contributed by atoms with Gasteiger partial charge in [0.05, 0.1) is 0 Å². The molecule has 0 atom stereocenters. The van der Waals surface area contributed by atoms with E-state index in [1.54, 1.807) is 0 Å². The molecule has 0 bridgehead atoms. The molecule has 1 rings (SSSR count). The highest BCUT2D eigenvalue weighted by Crippen LogP contribution is 1.99. The van der Waals surface area contributed by atoms with Crippen molar-refractivity contribution in [2.24, 2.45) is 10.7 Å². The van der Waals surface area contributed by atoms with Crippen LogP contribution < -0.4 is 5.73 Å². The molecule has 0 saturated carbocycles. The largest absolute Gasteiger partial charge is 0.351 e. The fraction of sp³-hybridized carbons (Fsp3) is 0.400. The van der Waals surface area contributed by atoms with Crippen molar-refractivity contribution in [3.63, 3.8) is 0 Å². The third-order valence-corrected chi connectivity index (χ3v) is 1.18. The van der Waals surface area contributed by atoms with E-state index in [1.807, 2.05) is 0 Å². The van der Waals surface area contributed by atoms with Gasteiger partial charge in [-0.15, -0.1) is 0 Å². The molecule has 0 unspecified atom stereocenters. The molecule has 0 aromatic rings. The van der Waals surface area contributed by atoms with Gasteiger partial charge in [0.25, 0.3) is 0 Å². The Balaban J connectivity index is 2.70. The second kappa shape index (κ2) is 2.47. The zero-order valence-electron chi connectivity index (χ0n) is 5.28. The van der Waals surface area contributed by atoms with Gasteiger partial charge in [-0.25, -0.2) is 19.5 Å². The molecule has 1 aliphatic rings. The van der Waals surface area contributed by atoms with Gasteiger partial charge in [0.2, 0.25) is 0 Å². The van der Waals surface area contributed by atoms with Crippen LogP contribution >= 0.6 is 0 Å². The number of primary amides is 1. The first kappa shape index (κ1) is 6.73. The highest BCUT2D eigenvalue weighted by atomic mass is 16.2. The van der Waals surface area contributed by atoms with Gasteiger partial charge in [-0.2, -0.15) is 0 Å². The monoisotopic (exact) mass is 141 g/mol. The molecule has 0 fully saturated rings. The molecule has 1 heterocycles. The molecule has 0 aromatic heterocycles. The van der Waals surface area contributed by atoms with Crippen molar-refractivity contribution >= 4 is 18.3 Å². The van der Waals surface area contributed by atoms with E-state index in [0.717, 1.165) is 4.90 Å². The standard InChI is InChI=1S/C5H7N3O2/c6-4(9)8-3-1-2-7-5(8)10/h2H,1,3H2,(H2,6,9). The van der Waals surface area contributed by atoms with Crippen LogP contribution in [0.3, 0.4) is 0 Å². The number of urea groups is 2. The lowest BCUT2D eigenvalue weighted by atomic mass is 10.4. The maximum atomic E-state index is 10.7. The van der Waals surface area contributed by atoms with Gasteiger partial charge in [-0.05, 0) is 0 Å². The van der Waals surface area contributed by atoms with Gasteiger partial charge in [-0.1, -0.05) is 0 Å². The fourth-order valence-electron chi connectivity index (χ4n) is 0.699. The zero-order chi connectivity index (χ0) is 7.56. The summed E-state index contributed by atoms with van der Waals surface area (Å²) in [5.41, 5.74) is 4.85. The Hall–Kier alpha value is -1.39. The van der Waals surface area contributed by atoms with E-state index in [2.05, 4.69) is 4.99 Å². The van der Waals surface area contributed by atoms with E-state index in [4.69, 9.17) is 5.73 Å². The first-order valence-electron chi connectivity index (χ1n) is 2.85. The van der Waals surface area contributed by atoms with E-state index in [1.165, 1.54) is 6.21 Å². The van der Waals surface area contributed by atoms with Crippen molar-refractivity contribution in [1.29, 1.82) is 0 Å². The Morgan fingerprint density at radius 1 is 1.80 bits per heavy atom. The predicted molar refractivity (Wildman–Crippen MR) is 34.8 cm³/mol. The van der Waals surface area contributed by atoms with Gasteiger partial charge in [0.1, 0.15) is 0 Å². The smallest absolute Gasteiger partial charge is 0.351 e. The van der Waals surface area contributed by atoms with E-state index in [-0.39, 0.29) is 0 Å². The molecule has 10 heavy (non-hydrogen) atoms. The Labute approximate surface area is 57.5 Å². The SMILES string of the molecule is NC(=O)N1CCC=NC1=O. The highest BCUT2D eigenvalue weighted by molar-refractivity contribution is 5.97. The van der Waals surface area contributed by atoms with E-state index >= 15 is 0 Å². The van der Waals surface area contributed by atoms with Crippen molar-refractivity contribution in [3.05, 3.63) is 0 Å². The quantitative estimate of drug-likeness (QED) is 0.514. The van der Waals surface area contributed by atoms with Crippen LogP contribution in [0.1, 0.15) is 6.42 Å². The minimum absolute atomic E-state index is 0.345. The number of carbonyl (C=O) groups is 2. The minimum atomic E-state index is -0.734.